The smallest absolute Gasteiger partial charge is 0.342 e. The largest absolute Gasteiger partial charge is 0.434 e. The van der Waals surface area contributed by atoms with Crippen molar-refractivity contribution in [2.75, 3.05) is 18.0 Å². The monoisotopic (exact) mass is 510 g/mol. The van der Waals surface area contributed by atoms with Crippen molar-refractivity contribution in [2.24, 2.45) is 11.1 Å². The van der Waals surface area contributed by atoms with Gasteiger partial charge in [-0.3, -0.25) is 9.38 Å². The lowest BCUT2D eigenvalue weighted by Gasteiger charge is -2.42. The normalized spacial score (nSPS) is 19.2. The molecular formula is C26H25F3N6S. The summed E-state index contributed by atoms with van der Waals surface area (Å²) in [5, 5.41) is 0. The number of halogens is 3. The molecule has 4 aromatic rings. The van der Waals surface area contributed by atoms with Crippen LogP contribution in [0.3, 0.4) is 0 Å². The highest BCUT2D eigenvalue weighted by atomic mass is 32.2. The minimum atomic E-state index is -4.54. The van der Waals surface area contributed by atoms with Gasteiger partial charge >= 0.3 is 6.18 Å². The summed E-state index contributed by atoms with van der Waals surface area (Å²) in [5.41, 5.74) is 9.71. The van der Waals surface area contributed by atoms with E-state index in [0.29, 0.717) is 16.2 Å². The van der Waals surface area contributed by atoms with Crippen LogP contribution in [0.25, 0.3) is 5.65 Å². The van der Waals surface area contributed by atoms with Crippen molar-refractivity contribution in [1.82, 2.24) is 19.4 Å². The number of hydrogen-bond acceptors (Lipinski definition) is 6. The van der Waals surface area contributed by atoms with Crippen LogP contribution in [0.5, 0.6) is 0 Å². The summed E-state index contributed by atoms with van der Waals surface area (Å²) in [4.78, 5) is 15.8. The number of benzene rings is 1. The number of aromatic nitrogens is 4. The Morgan fingerprint density at radius 3 is 2.58 bits per heavy atom. The van der Waals surface area contributed by atoms with Crippen LogP contribution in [0.4, 0.5) is 19.1 Å². The molecule has 0 bridgehead atoms. The Balaban J connectivity index is 1.29. The number of nitrogens with two attached hydrogens (primary N) is 1. The lowest BCUT2D eigenvalue weighted by Crippen LogP contribution is -2.45. The SMILES string of the molecule is Cc1nc(N2CCC3(CC2)Cc2ccccc2C3N)n2ccnc2c1Sc1cccnc1C(F)(F)F. The third-order valence-corrected chi connectivity index (χ3v) is 8.77. The molecule has 6 rings (SSSR count). The third-order valence-electron chi connectivity index (χ3n) is 7.54. The summed E-state index contributed by atoms with van der Waals surface area (Å²) in [7, 11) is 0. The van der Waals surface area contributed by atoms with Crippen LogP contribution in [-0.4, -0.2) is 32.4 Å². The fraction of sp³-hybridized carbons (Fsp3) is 0.346. The number of hydrogen-bond donors (Lipinski definition) is 1. The maximum atomic E-state index is 13.5. The van der Waals surface area contributed by atoms with E-state index in [-0.39, 0.29) is 16.4 Å². The average Bonchev–Trinajstić information content (AvgIpc) is 3.45. The Morgan fingerprint density at radius 2 is 1.83 bits per heavy atom. The number of pyridine rings is 1. The summed E-state index contributed by atoms with van der Waals surface area (Å²) >= 11 is 1.00. The standard InChI is InChI=1S/C26H25F3N6S/c1-16-20(36-19-7-4-10-31-22(19)26(27,28)29)23-32-11-14-35(23)24(33-16)34-12-8-25(9-13-34)15-17-5-2-3-6-18(17)21(25)30/h2-7,10-11,14,21H,8-9,12-13,15,30H2,1H3. The van der Waals surface area contributed by atoms with E-state index in [1.807, 2.05) is 17.5 Å². The summed E-state index contributed by atoms with van der Waals surface area (Å²) in [6, 6.07) is 11.4. The molecule has 0 saturated carbocycles. The maximum absolute atomic E-state index is 13.5. The number of rotatable bonds is 3. The van der Waals surface area contributed by atoms with Gasteiger partial charge in [-0.15, -0.1) is 0 Å². The predicted molar refractivity (Wildman–Crippen MR) is 132 cm³/mol. The molecule has 186 valence electrons. The Bertz CT molecular complexity index is 1440. The van der Waals surface area contributed by atoms with Gasteiger partial charge in [-0.2, -0.15) is 13.2 Å². The zero-order chi connectivity index (χ0) is 25.1. The van der Waals surface area contributed by atoms with Gasteiger partial charge in [-0.05, 0) is 54.9 Å². The van der Waals surface area contributed by atoms with Crippen LogP contribution < -0.4 is 10.6 Å². The first kappa shape index (κ1) is 23.3. The van der Waals surface area contributed by atoms with Crippen LogP contribution in [-0.2, 0) is 12.6 Å². The molecule has 0 radical (unpaired) electrons. The van der Waals surface area contributed by atoms with Gasteiger partial charge in [-0.25, -0.2) is 9.97 Å². The van der Waals surface area contributed by atoms with E-state index in [1.54, 1.807) is 6.20 Å². The highest BCUT2D eigenvalue weighted by Gasteiger charge is 2.46. The molecule has 1 spiro atoms. The van der Waals surface area contributed by atoms with Gasteiger partial charge < -0.3 is 10.6 Å². The fourth-order valence-corrected chi connectivity index (χ4v) is 6.71. The van der Waals surface area contributed by atoms with E-state index < -0.39 is 11.9 Å². The summed E-state index contributed by atoms with van der Waals surface area (Å²) in [5.74, 6) is 0.755. The first-order chi connectivity index (χ1) is 17.3. The molecule has 36 heavy (non-hydrogen) atoms. The summed E-state index contributed by atoms with van der Waals surface area (Å²) in [6.07, 6.45) is 2.98. The van der Waals surface area contributed by atoms with Gasteiger partial charge in [0.15, 0.2) is 11.3 Å². The molecule has 1 unspecified atom stereocenters. The van der Waals surface area contributed by atoms with Gasteiger partial charge in [0.05, 0.1) is 10.6 Å². The molecule has 10 heteroatoms. The van der Waals surface area contributed by atoms with Crippen molar-refractivity contribution in [1.29, 1.82) is 0 Å². The average molecular weight is 511 g/mol. The molecule has 6 nitrogen and oxygen atoms in total. The van der Waals surface area contributed by atoms with Crippen molar-refractivity contribution < 1.29 is 13.2 Å². The number of alkyl halides is 3. The van der Waals surface area contributed by atoms with Crippen LogP contribution in [0, 0.1) is 12.3 Å². The van der Waals surface area contributed by atoms with Crippen molar-refractivity contribution in [3.05, 3.63) is 77.5 Å². The Kier molecular flexibility index (Phi) is 5.49. The molecule has 1 aromatic carbocycles. The van der Waals surface area contributed by atoms with Crippen LogP contribution in [0.15, 0.2) is 64.8 Å². The molecule has 1 fully saturated rings. The highest BCUT2D eigenvalue weighted by Crippen LogP contribution is 2.51. The van der Waals surface area contributed by atoms with E-state index in [4.69, 9.17) is 10.7 Å². The molecular weight excluding hydrogens is 485 g/mol. The molecule has 4 heterocycles. The van der Waals surface area contributed by atoms with E-state index in [2.05, 4.69) is 39.1 Å². The second-order valence-electron chi connectivity index (χ2n) is 9.60. The van der Waals surface area contributed by atoms with Crippen LogP contribution >= 0.6 is 11.8 Å². The topological polar surface area (TPSA) is 72.3 Å². The van der Waals surface area contributed by atoms with Gasteiger partial charge in [0, 0.05) is 42.6 Å². The minimum absolute atomic E-state index is 0.0277. The lowest BCUT2D eigenvalue weighted by atomic mass is 9.73. The van der Waals surface area contributed by atoms with Crippen molar-refractivity contribution in [2.45, 2.75) is 48.2 Å². The first-order valence-corrected chi connectivity index (χ1v) is 12.7. The van der Waals surface area contributed by atoms with Gasteiger partial charge in [0.1, 0.15) is 0 Å². The molecule has 2 aliphatic rings. The predicted octanol–water partition coefficient (Wildman–Crippen LogP) is 5.45. The highest BCUT2D eigenvalue weighted by molar-refractivity contribution is 7.99. The quantitative estimate of drug-likeness (QED) is 0.396. The molecule has 1 atom stereocenters. The van der Waals surface area contributed by atoms with E-state index in [1.165, 1.54) is 23.3 Å². The van der Waals surface area contributed by atoms with Crippen LogP contribution in [0.2, 0.25) is 0 Å². The lowest BCUT2D eigenvalue weighted by molar-refractivity contribution is -0.143. The molecule has 0 amide bonds. The number of nitrogens with zero attached hydrogens (tertiary/aromatic N) is 5. The van der Waals surface area contributed by atoms with Crippen molar-refractivity contribution in [3.8, 4) is 0 Å². The minimum Gasteiger partial charge on any atom is -0.342 e. The van der Waals surface area contributed by atoms with E-state index in [9.17, 15) is 13.2 Å². The zero-order valence-electron chi connectivity index (χ0n) is 19.7. The summed E-state index contributed by atoms with van der Waals surface area (Å²) in [6.45, 7) is 3.42. The molecule has 1 saturated heterocycles. The number of fused-ring (bicyclic) bond motifs is 2. The number of anilines is 1. The molecule has 2 N–H and O–H groups in total. The Morgan fingerprint density at radius 1 is 1.06 bits per heavy atom. The number of piperidine rings is 1. The second-order valence-corrected chi connectivity index (χ2v) is 10.7. The maximum Gasteiger partial charge on any atom is 0.434 e. The molecule has 3 aromatic heterocycles. The Hall–Kier alpha value is -3.11. The van der Waals surface area contributed by atoms with Gasteiger partial charge in [0.2, 0.25) is 5.95 Å². The van der Waals surface area contributed by atoms with Crippen molar-refractivity contribution in [3.63, 3.8) is 0 Å². The third kappa shape index (κ3) is 3.74. The van der Waals surface area contributed by atoms with Crippen LogP contribution in [0.1, 0.15) is 41.4 Å². The van der Waals surface area contributed by atoms with Gasteiger partial charge in [0.25, 0.3) is 0 Å². The zero-order valence-corrected chi connectivity index (χ0v) is 20.5. The summed E-state index contributed by atoms with van der Waals surface area (Å²) < 4.78 is 42.4. The second kappa shape index (κ2) is 8.48. The molecule has 1 aliphatic heterocycles. The number of imidazole rings is 1. The first-order valence-electron chi connectivity index (χ1n) is 11.9. The number of aryl methyl sites for hydroxylation is 1. The van der Waals surface area contributed by atoms with E-state index >= 15 is 0 Å². The van der Waals surface area contributed by atoms with E-state index in [0.717, 1.165) is 56.3 Å². The van der Waals surface area contributed by atoms with Gasteiger partial charge in [-0.1, -0.05) is 36.0 Å². The fourth-order valence-electron chi connectivity index (χ4n) is 5.65. The Labute approximate surface area is 210 Å². The molecule has 1 aliphatic carbocycles. The van der Waals surface area contributed by atoms with Crippen molar-refractivity contribution >= 4 is 23.4 Å².